The summed E-state index contributed by atoms with van der Waals surface area (Å²) in [7, 11) is 1.98. The zero-order chi connectivity index (χ0) is 13.5. The molecular weight excluding hydrogens is 250 g/mol. The minimum atomic E-state index is 0.361. The second kappa shape index (κ2) is 4.49. The van der Waals surface area contributed by atoms with Crippen LogP contribution in [0.4, 0.5) is 0 Å². The Balaban J connectivity index is 1.89. The molecule has 4 rings (SSSR count). The van der Waals surface area contributed by atoms with Crippen LogP contribution in [0.15, 0.2) is 41.1 Å². The van der Waals surface area contributed by atoms with E-state index in [1.54, 1.807) is 0 Å². The molecule has 1 atom stereocenters. The van der Waals surface area contributed by atoms with Gasteiger partial charge in [-0.3, -0.25) is 4.68 Å². The van der Waals surface area contributed by atoms with Crippen molar-refractivity contribution in [3.8, 4) is 11.1 Å². The minimum Gasteiger partial charge on any atom is -0.464 e. The summed E-state index contributed by atoms with van der Waals surface area (Å²) in [5.41, 5.74) is 4.38. The first-order valence-corrected chi connectivity index (χ1v) is 7.06. The van der Waals surface area contributed by atoms with Crippen molar-refractivity contribution in [1.82, 2.24) is 15.1 Å². The molecule has 1 aromatic carbocycles. The van der Waals surface area contributed by atoms with Crippen LogP contribution in [0.25, 0.3) is 22.1 Å². The number of nitrogens with one attached hydrogen (secondary N) is 1. The second-order valence-corrected chi connectivity index (χ2v) is 5.40. The molecule has 1 N–H and O–H groups in total. The van der Waals surface area contributed by atoms with Gasteiger partial charge in [0.05, 0.1) is 18.0 Å². The lowest BCUT2D eigenvalue weighted by molar-refractivity contribution is 0.606. The van der Waals surface area contributed by atoms with Gasteiger partial charge in [-0.2, -0.15) is 5.10 Å². The number of fused-ring (bicyclic) bond motifs is 1. The first kappa shape index (κ1) is 11.7. The molecule has 0 aliphatic carbocycles. The fourth-order valence-electron chi connectivity index (χ4n) is 3.07. The molecule has 0 radical (unpaired) electrons. The van der Waals surface area contributed by atoms with Crippen molar-refractivity contribution >= 4 is 11.0 Å². The monoisotopic (exact) mass is 267 g/mol. The van der Waals surface area contributed by atoms with Crippen molar-refractivity contribution in [1.29, 1.82) is 0 Å². The van der Waals surface area contributed by atoms with E-state index in [0.717, 1.165) is 35.2 Å². The van der Waals surface area contributed by atoms with E-state index < -0.39 is 0 Å². The Morgan fingerprint density at radius 3 is 3.05 bits per heavy atom. The van der Waals surface area contributed by atoms with E-state index >= 15 is 0 Å². The van der Waals surface area contributed by atoms with Crippen LogP contribution in [-0.4, -0.2) is 16.3 Å². The average Bonchev–Trinajstić information content (AvgIpc) is 3.16. The molecule has 1 saturated heterocycles. The Bertz CT molecular complexity index is 750. The van der Waals surface area contributed by atoms with E-state index in [1.807, 2.05) is 36.2 Å². The fourth-order valence-corrected chi connectivity index (χ4v) is 3.07. The van der Waals surface area contributed by atoms with Gasteiger partial charge in [-0.25, -0.2) is 0 Å². The molecule has 0 amide bonds. The fraction of sp³-hybridized carbons (Fsp3) is 0.312. The lowest BCUT2D eigenvalue weighted by Crippen LogP contribution is -2.14. The largest absolute Gasteiger partial charge is 0.464 e. The molecule has 1 aliphatic rings. The summed E-state index contributed by atoms with van der Waals surface area (Å²) in [5, 5.41) is 9.35. The van der Waals surface area contributed by atoms with Gasteiger partial charge in [0.1, 0.15) is 5.58 Å². The number of hydrogen-bond donors (Lipinski definition) is 1. The van der Waals surface area contributed by atoms with Crippen molar-refractivity contribution in [3.63, 3.8) is 0 Å². The van der Waals surface area contributed by atoms with Crippen molar-refractivity contribution in [2.75, 3.05) is 6.54 Å². The minimum absolute atomic E-state index is 0.361. The van der Waals surface area contributed by atoms with Gasteiger partial charge in [0.2, 0.25) is 0 Å². The normalized spacial score (nSPS) is 18.9. The second-order valence-electron chi connectivity index (χ2n) is 5.40. The standard InChI is InChI=1S/C16H17N3O/c1-19-9-12(16(18-19)14-6-4-8-17-14)13-10-20-15-7-3-2-5-11(13)15/h2-3,5,7,9-10,14,17H,4,6,8H2,1H3. The zero-order valence-electron chi connectivity index (χ0n) is 11.5. The van der Waals surface area contributed by atoms with Crippen molar-refractivity contribution in [2.24, 2.45) is 7.05 Å². The van der Waals surface area contributed by atoms with Crippen LogP contribution in [0.1, 0.15) is 24.6 Å². The number of furan rings is 1. The highest BCUT2D eigenvalue weighted by molar-refractivity contribution is 5.94. The highest BCUT2D eigenvalue weighted by atomic mass is 16.3. The third-order valence-electron chi connectivity index (χ3n) is 4.02. The number of hydrogen-bond acceptors (Lipinski definition) is 3. The third-order valence-corrected chi connectivity index (χ3v) is 4.02. The van der Waals surface area contributed by atoms with Crippen molar-refractivity contribution < 1.29 is 4.42 Å². The highest BCUT2D eigenvalue weighted by Crippen LogP contribution is 2.36. The van der Waals surface area contributed by atoms with Crippen molar-refractivity contribution in [3.05, 3.63) is 42.4 Å². The molecule has 3 heterocycles. The summed E-state index contributed by atoms with van der Waals surface area (Å²) < 4.78 is 7.57. The van der Waals surface area contributed by atoms with E-state index in [-0.39, 0.29) is 0 Å². The third kappa shape index (κ3) is 1.76. The maximum atomic E-state index is 5.67. The summed E-state index contributed by atoms with van der Waals surface area (Å²) in [5.74, 6) is 0. The van der Waals surface area contributed by atoms with Crippen LogP contribution in [-0.2, 0) is 7.05 Å². The summed E-state index contributed by atoms with van der Waals surface area (Å²) in [6, 6.07) is 8.51. The maximum absolute atomic E-state index is 5.67. The van der Waals surface area contributed by atoms with Crippen LogP contribution < -0.4 is 5.32 Å². The molecule has 0 bridgehead atoms. The van der Waals surface area contributed by atoms with Gasteiger partial charge >= 0.3 is 0 Å². The molecule has 2 aromatic heterocycles. The number of aromatic nitrogens is 2. The van der Waals surface area contributed by atoms with Gasteiger partial charge < -0.3 is 9.73 Å². The Morgan fingerprint density at radius 1 is 1.30 bits per heavy atom. The van der Waals surface area contributed by atoms with Gasteiger partial charge in [0.25, 0.3) is 0 Å². The Kier molecular flexibility index (Phi) is 2.63. The van der Waals surface area contributed by atoms with Gasteiger partial charge in [0.15, 0.2) is 0 Å². The maximum Gasteiger partial charge on any atom is 0.134 e. The van der Waals surface area contributed by atoms with E-state index in [9.17, 15) is 0 Å². The Labute approximate surface area is 117 Å². The first-order valence-electron chi connectivity index (χ1n) is 7.06. The number of para-hydroxylation sites is 1. The van der Waals surface area contributed by atoms with Crippen LogP contribution >= 0.6 is 0 Å². The van der Waals surface area contributed by atoms with Gasteiger partial charge in [-0.1, -0.05) is 18.2 Å². The first-order chi connectivity index (χ1) is 9.83. The molecule has 102 valence electrons. The lowest BCUT2D eigenvalue weighted by atomic mass is 10.0. The smallest absolute Gasteiger partial charge is 0.134 e. The van der Waals surface area contributed by atoms with E-state index in [1.165, 1.54) is 12.0 Å². The molecule has 20 heavy (non-hydrogen) atoms. The SMILES string of the molecule is Cn1cc(-c2coc3ccccc23)c(C2CCCN2)n1. The molecular formula is C16H17N3O. The van der Waals surface area contributed by atoms with E-state index in [2.05, 4.69) is 22.7 Å². The molecule has 4 heteroatoms. The number of benzene rings is 1. The molecule has 0 spiro atoms. The van der Waals surface area contributed by atoms with E-state index in [4.69, 9.17) is 4.42 Å². The molecule has 1 fully saturated rings. The van der Waals surface area contributed by atoms with Crippen LogP contribution in [0, 0.1) is 0 Å². The number of aryl methyl sites for hydroxylation is 1. The predicted molar refractivity (Wildman–Crippen MR) is 78.4 cm³/mol. The average molecular weight is 267 g/mol. The van der Waals surface area contributed by atoms with Crippen LogP contribution in [0.3, 0.4) is 0 Å². The topological polar surface area (TPSA) is 43.0 Å². The van der Waals surface area contributed by atoms with Gasteiger partial charge in [0, 0.05) is 29.8 Å². The van der Waals surface area contributed by atoms with Crippen LogP contribution in [0.2, 0.25) is 0 Å². The Hall–Kier alpha value is -2.07. The quantitative estimate of drug-likeness (QED) is 0.775. The highest BCUT2D eigenvalue weighted by Gasteiger charge is 2.24. The van der Waals surface area contributed by atoms with Gasteiger partial charge in [-0.05, 0) is 25.5 Å². The summed E-state index contributed by atoms with van der Waals surface area (Å²) in [6.07, 6.45) is 6.30. The molecule has 0 saturated carbocycles. The molecule has 1 unspecified atom stereocenters. The summed E-state index contributed by atoms with van der Waals surface area (Å²) in [4.78, 5) is 0. The van der Waals surface area contributed by atoms with Crippen LogP contribution in [0.5, 0.6) is 0 Å². The van der Waals surface area contributed by atoms with Gasteiger partial charge in [-0.15, -0.1) is 0 Å². The van der Waals surface area contributed by atoms with E-state index in [0.29, 0.717) is 6.04 Å². The lowest BCUT2D eigenvalue weighted by Gasteiger charge is -2.08. The predicted octanol–water partition coefficient (Wildman–Crippen LogP) is 3.26. The van der Waals surface area contributed by atoms with Crippen molar-refractivity contribution in [2.45, 2.75) is 18.9 Å². The summed E-state index contributed by atoms with van der Waals surface area (Å²) >= 11 is 0. The number of nitrogens with zero attached hydrogens (tertiary/aromatic N) is 2. The molecule has 4 nitrogen and oxygen atoms in total. The Morgan fingerprint density at radius 2 is 2.20 bits per heavy atom. The zero-order valence-corrected chi connectivity index (χ0v) is 11.5. The molecule has 1 aliphatic heterocycles. The number of rotatable bonds is 2. The molecule has 3 aromatic rings. The summed E-state index contributed by atoms with van der Waals surface area (Å²) in [6.45, 7) is 1.08.